The van der Waals surface area contributed by atoms with Crippen LogP contribution in [0.2, 0.25) is 0 Å². The molecule has 0 atom stereocenters. The van der Waals surface area contributed by atoms with E-state index in [0.29, 0.717) is 10.9 Å². The molecule has 3 aromatic rings. The fraction of sp³-hybridized carbons (Fsp3) is 0.200. The minimum atomic E-state index is -0.312. The van der Waals surface area contributed by atoms with Crippen molar-refractivity contribution in [3.8, 4) is 5.75 Å². The van der Waals surface area contributed by atoms with Crippen LogP contribution in [0.15, 0.2) is 52.9 Å². The van der Waals surface area contributed by atoms with Crippen LogP contribution in [-0.4, -0.2) is 34.9 Å². The Bertz CT molecular complexity index is 989. The first kappa shape index (κ1) is 20.8. The highest BCUT2D eigenvalue weighted by Crippen LogP contribution is 2.23. The number of hydrogen-bond donors (Lipinski definition) is 2. The molecule has 150 valence electrons. The van der Waals surface area contributed by atoms with Crippen molar-refractivity contribution in [1.82, 2.24) is 15.5 Å². The number of aryl methyl sites for hydroxylation is 1. The number of aromatic nitrogens is 2. The van der Waals surface area contributed by atoms with Crippen molar-refractivity contribution in [3.63, 3.8) is 0 Å². The molecule has 0 bridgehead atoms. The molecule has 3 rings (SSSR count). The average Bonchev–Trinajstić information content (AvgIpc) is 3.22. The maximum atomic E-state index is 12.3. The Morgan fingerprint density at radius 1 is 1.10 bits per heavy atom. The Balaban J connectivity index is 1.46. The number of anilines is 1. The van der Waals surface area contributed by atoms with Crippen LogP contribution >= 0.6 is 23.1 Å². The van der Waals surface area contributed by atoms with Gasteiger partial charge in [0.2, 0.25) is 10.9 Å². The van der Waals surface area contributed by atoms with Gasteiger partial charge in [-0.15, -0.1) is 10.2 Å². The summed E-state index contributed by atoms with van der Waals surface area (Å²) >= 11 is 2.41. The van der Waals surface area contributed by atoms with Crippen LogP contribution in [0.3, 0.4) is 0 Å². The van der Waals surface area contributed by atoms with E-state index in [1.54, 1.807) is 7.11 Å². The lowest BCUT2D eigenvalue weighted by molar-refractivity contribution is -0.118. The molecule has 9 heteroatoms. The molecule has 0 saturated carbocycles. The number of ether oxygens (including phenoxy) is 1. The molecule has 0 aliphatic rings. The smallest absolute Gasteiger partial charge is 0.286 e. The van der Waals surface area contributed by atoms with Crippen molar-refractivity contribution in [2.45, 2.75) is 17.8 Å². The second-order valence-electron chi connectivity index (χ2n) is 6.06. The Kier molecular flexibility index (Phi) is 7.20. The summed E-state index contributed by atoms with van der Waals surface area (Å²) in [4.78, 5) is 24.4. The van der Waals surface area contributed by atoms with Crippen molar-refractivity contribution >= 4 is 40.6 Å². The van der Waals surface area contributed by atoms with E-state index >= 15 is 0 Å². The van der Waals surface area contributed by atoms with Crippen molar-refractivity contribution in [3.05, 3.63) is 64.7 Å². The number of para-hydroxylation sites is 1. The zero-order valence-corrected chi connectivity index (χ0v) is 17.6. The third-order valence-corrected chi connectivity index (χ3v) is 6.02. The molecule has 2 N–H and O–H groups in total. The van der Waals surface area contributed by atoms with Crippen molar-refractivity contribution < 1.29 is 14.3 Å². The van der Waals surface area contributed by atoms with Crippen molar-refractivity contribution in [2.75, 3.05) is 18.2 Å². The van der Waals surface area contributed by atoms with Gasteiger partial charge in [-0.3, -0.25) is 9.59 Å². The number of nitrogens with one attached hydrogen (secondary N) is 2. The number of methoxy groups -OCH3 is 1. The summed E-state index contributed by atoms with van der Waals surface area (Å²) in [6, 6.07) is 15.0. The second-order valence-corrected chi connectivity index (χ2v) is 8.26. The van der Waals surface area contributed by atoms with Gasteiger partial charge in [-0.1, -0.05) is 53.4 Å². The zero-order chi connectivity index (χ0) is 20.6. The summed E-state index contributed by atoms with van der Waals surface area (Å²) < 4.78 is 5.68. The maximum Gasteiger partial charge on any atom is 0.286 e. The van der Waals surface area contributed by atoms with E-state index < -0.39 is 0 Å². The monoisotopic (exact) mass is 428 g/mol. The Morgan fingerprint density at radius 2 is 1.86 bits per heavy atom. The third-order valence-electron chi connectivity index (χ3n) is 3.97. The molecule has 2 aromatic carbocycles. The lowest BCUT2D eigenvalue weighted by atomic mass is 10.2. The summed E-state index contributed by atoms with van der Waals surface area (Å²) in [7, 11) is 1.61. The molecule has 0 aliphatic heterocycles. The highest BCUT2D eigenvalue weighted by Gasteiger charge is 2.15. The predicted molar refractivity (Wildman–Crippen MR) is 115 cm³/mol. The van der Waals surface area contributed by atoms with E-state index in [0.717, 1.165) is 33.9 Å². The van der Waals surface area contributed by atoms with E-state index in [-0.39, 0.29) is 22.6 Å². The number of carbonyl (C=O) groups is 2. The normalized spacial score (nSPS) is 10.4. The van der Waals surface area contributed by atoms with Gasteiger partial charge in [-0.05, 0) is 36.2 Å². The number of benzene rings is 2. The van der Waals surface area contributed by atoms with Crippen LogP contribution in [0.25, 0.3) is 0 Å². The highest BCUT2D eigenvalue weighted by atomic mass is 32.2. The number of hydrogen-bond acceptors (Lipinski definition) is 7. The van der Waals surface area contributed by atoms with E-state index in [1.807, 2.05) is 55.5 Å². The molecule has 0 radical (unpaired) electrons. The summed E-state index contributed by atoms with van der Waals surface area (Å²) in [6.45, 7) is 2.35. The number of nitrogens with zero attached hydrogens (tertiary/aromatic N) is 2. The van der Waals surface area contributed by atoms with Crippen LogP contribution in [0, 0.1) is 6.92 Å². The summed E-state index contributed by atoms with van der Waals surface area (Å²) in [5.41, 5.74) is 2.68. The van der Waals surface area contributed by atoms with Gasteiger partial charge in [0.15, 0.2) is 4.34 Å². The molecule has 0 saturated heterocycles. The molecule has 29 heavy (non-hydrogen) atoms. The molecule has 0 aliphatic carbocycles. The third kappa shape index (κ3) is 6.03. The van der Waals surface area contributed by atoms with Gasteiger partial charge < -0.3 is 15.4 Å². The van der Waals surface area contributed by atoms with Gasteiger partial charge >= 0.3 is 0 Å². The maximum absolute atomic E-state index is 12.3. The first-order valence-corrected chi connectivity index (χ1v) is 10.6. The number of thioether (sulfide) groups is 1. The predicted octanol–water partition coefficient (Wildman–Crippen LogP) is 3.52. The molecular weight excluding hydrogens is 408 g/mol. The molecule has 1 aromatic heterocycles. The number of carbonyl (C=O) groups excluding carboxylic acids is 2. The molecule has 0 unspecified atom stereocenters. The van der Waals surface area contributed by atoms with Crippen molar-refractivity contribution in [2.24, 2.45) is 0 Å². The number of rotatable bonds is 8. The van der Waals surface area contributed by atoms with E-state index in [4.69, 9.17) is 4.74 Å². The standard InChI is InChI=1S/C20H20N4O3S2/c1-13-5-3-4-6-16(13)22-18(26)19-23-24-20(29-19)28-12-17(25)21-11-14-7-9-15(27-2)10-8-14/h3-10H,11-12H2,1-2H3,(H,21,25)(H,22,26). The van der Waals surface area contributed by atoms with Gasteiger partial charge in [0, 0.05) is 12.2 Å². The topological polar surface area (TPSA) is 93.2 Å². The Morgan fingerprint density at radius 3 is 2.59 bits per heavy atom. The van der Waals surface area contributed by atoms with Crippen LogP contribution in [0.4, 0.5) is 5.69 Å². The SMILES string of the molecule is COc1ccc(CNC(=O)CSc2nnc(C(=O)Nc3ccccc3C)s2)cc1. The molecule has 7 nitrogen and oxygen atoms in total. The van der Waals surface area contributed by atoms with Gasteiger partial charge in [0.1, 0.15) is 5.75 Å². The Hall–Kier alpha value is -2.91. The highest BCUT2D eigenvalue weighted by molar-refractivity contribution is 8.01. The van der Waals surface area contributed by atoms with Gasteiger partial charge in [-0.25, -0.2) is 0 Å². The summed E-state index contributed by atoms with van der Waals surface area (Å²) in [5.74, 6) is 0.540. The first-order valence-electron chi connectivity index (χ1n) is 8.78. The van der Waals surface area contributed by atoms with E-state index in [1.165, 1.54) is 11.8 Å². The van der Waals surface area contributed by atoms with Gasteiger partial charge in [-0.2, -0.15) is 0 Å². The van der Waals surface area contributed by atoms with Crippen LogP contribution < -0.4 is 15.4 Å². The largest absolute Gasteiger partial charge is 0.497 e. The molecule has 0 spiro atoms. The van der Waals surface area contributed by atoms with Crippen LogP contribution in [0.1, 0.15) is 20.9 Å². The fourth-order valence-corrected chi connectivity index (χ4v) is 3.95. The molecule has 0 fully saturated rings. The zero-order valence-electron chi connectivity index (χ0n) is 16.0. The summed E-state index contributed by atoms with van der Waals surface area (Å²) in [5, 5.41) is 13.8. The van der Waals surface area contributed by atoms with Gasteiger partial charge in [0.05, 0.1) is 12.9 Å². The molecule has 1 heterocycles. The molecule has 2 amide bonds. The summed E-state index contributed by atoms with van der Waals surface area (Å²) in [6.07, 6.45) is 0. The quantitative estimate of drug-likeness (QED) is 0.533. The Labute approximate surface area is 176 Å². The van der Waals surface area contributed by atoms with E-state index in [9.17, 15) is 9.59 Å². The number of amides is 2. The minimum absolute atomic E-state index is 0.119. The lowest BCUT2D eigenvalue weighted by Crippen LogP contribution is -2.24. The molecular formula is C20H20N4O3S2. The first-order chi connectivity index (χ1) is 14.0. The fourth-order valence-electron chi connectivity index (χ4n) is 2.37. The van der Waals surface area contributed by atoms with Gasteiger partial charge in [0.25, 0.3) is 5.91 Å². The lowest BCUT2D eigenvalue weighted by Gasteiger charge is -2.05. The van der Waals surface area contributed by atoms with Crippen molar-refractivity contribution in [1.29, 1.82) is 0 Å². The van der Waals surface area contributed by atoms with Crippen LogP contribution in [0.5, 0.6) is 5.75 Å². The van der Waals surface area contributed by atoms with E-state index in [2.05, 4.69) is 20.8 Å². The average molecular weight is 429 g/mol. The second kappa shape index (κ2) is 10.0. The minimum Gasteiger partial charge on any atom is -0.497 e. The van der Waals surface area contributed by atoms with Crippen LogP contribution in [-0.2, 0) is 11.3 Å².